The van der Waals surface area contributed by atoms with E-state index in [1.807, 2.05) is 48.5 Å². The molecule has 0 spiro atoms. The Balaban J connectivity index is 1.54. The van der Waals surface area contributed by atoms with E-state index in [4.69, 9.17) is 0 Å². The van der Waals surface area contributed by atoms with Gasteiger partial charge < -0.3 is 10.4 Å². The van der Waals surface area contributed by atoms with Gasteiger partial charge in [-0.2, -0.15) is 0 Å². The van der Waals surface area contributed by atoms with Crippen LogP contribution in [0, 0.1) is 0 Å². The molecule has 0 unspecified atom stereocenters. The van der Waals surface area contributed by atoms with Crippen LogP contribution in [0.2, 0.25) is 0 Å². The van der Waals surface area contributed by atoms with E-state index in [0.717, 1.165) is 12.1 Å². The smallest absolute Gasteiger partial charge is 0.329 e. The van der Waals surface area contributed by atoms with E-state index < -0.39 is 11.5 Å². The molecule has 5 nitrogen and oxygen atoms in total. The number of carbonyl (C=O) groups excluding carboxylic acids is 1. The van der Waals surface area contributed by atoms with E-state index in [1.54, 1.807) is 0 Å². The van der Waals surface area contributed by atoms with Crippen molar-refractivity contribution in [3.05, 3.63) is 71.8 Å². The van der Waals surface area contributed by atoms with Crippen molar-refractivity contribution in [3.8, 4) is 0 Å². The summed E-state index contributed by atoms with van der Waals surface area (Å²) in [5.74, 6) is -1.13. The molecular weight excluding hydrogens is 340 g/mol. The van der Waals surface area contributed by atoms with Crippen molar-refractivity contribution in [1.29, 1.82) is 0 Å². The van der Waals surface area contributed by atoms with Gasteiger partial charge in [0, 0.05) is 26.1 Å². The molecular formula is C22H26N2O3. The Kier molecular flexibility index (Phi) is 6.24. The minimum absolute atomic E-state index is 0.197. The molecule has 142 valence electrons. The molecule has 5 heteroatoms. The van der Waals surface area contributed by atoms with E-state index in [0.29, 0.717) is 38.8 Å². The molecule has 3 rings (SSSR count). The Hall–Kier alpha value is -2.66. The van der Waals surface area contributed by atoms with Crippen LogP contribution in [0.25, 0.3) is 0 Å². The molecule has 1 amide bonds. The Morgan fingerprint density at radius 1 is 0.926 bits per heavy atom. The molecule has 0 aliphatic carbocycles. The maximum Gasteiger partial charge on any atom is 0.329 e. The number of likely N-dealkylation sites (tertiary alicyclic amines) is 1. The SMILES string of the molecule is O=C(CCc1ccccc1)NC1(C(=O)O)CCN(Cc2ccccc2)CC1. The highest BCUT2D eigenvalue weighted by atomic mass is 16.4. The zero-order valence-corrected chi connectivity index (χ0v) is 15.4. The third-order valence-corrected chi connectivity index (χ3v) is 5.23. The maximum absolute atomic E-state index is 12.4. The van der Waals surface area contributed by atoms with Gasteiger partial charge in [0.2, 0.25) is 5.91 Å². The van der Waals surface area contributed by atoms with Gasteiger partial charge in [-0.1, -0.05) is 60.7 Å². The molecule has 0 atom stereocenters. The average molecular weight is 366 g/mol. The van der Waals surface area contributed by atoms with Crippen LogP contribution in [-0.2, 0) is 22.6 Å². The lowest BCUT2D eigenvalue weighted by atomic mass is 9.87. The van der Waals surface area contributed by atoms with Crippen LogP contribution >= 0.6 is 0 Å². The second-order valence-electron chi connectivity index (χ2n) is 7.18. The zero-order valence-electron chi connectivity index (χ0n) is 15.4. The lowest BCUT2D eigenvalue weighted by Gasteiger charge is -2.39. The highest BCUT2D eigenvalue weighted by Crippen LogP contribution is 2.24. The fourth-order valence-corrected chi connectivity index (χ4v) is 3.56. The predicted molar refractivity (Wildman–Crippen MR) is 104 cm³/mol. The van der Waals surface area contributed by atoms with E-state index in [-0.39, 0.29) is 5.91 Å². The summed E-state index contributed by atoms with van der Waals surface area (Å²) in [5.41, 5.74) is 1.14. The van der Waals surface area contributed by atoms with Crippen LogP contribution < -0.4 is 5.32 Å². The maximum atomic E-state index is 12.4. The van der Waals surface area contributed by atoms with E-state index in [2.05, 4.69) is 22.3 Å². The summed E-state index contributed by atoms with van der Waals surface area (Å²) in [6.07, 6.45) is 1.76. The quantitative estimate of drug-likeness (QED) is 0.791. The molecule has 1 heterocycles. The van der Waals surface area contributed by atoms with Crippen molar-refractivity contribution in [2.24, 2.45) is 0 Å². The summed E-state index contributed by atoms with van der Waals surface area (Å²) >= 11 is 0. The van der Waals surface area contributed by atoms with Crippen LogP contribution in [0.5, 0.6) is 0 Å². The van der Waals surface area contributed by atoms with Gasteiger partial charge in [-0.25, -0.2) is 4.79 Å². The predicted octanol–water partition coefficient (Wildman–Crippen LogP) is 2.85. The molecule has 1 fully saturated rings. The molecule has 0 bridgehead atoms. The minimum atomic E-state index is -1.15. The normalized spacial score (nSPS) is 16.6. The molecule has 2 aromatic rings. The fourth-order valence-electron chi connectivity index (χ4n) is 3.56. The summed E-state index contributed by atoms with van der Waals surface area (Å²) in [7, 11) is 0. The highest BCUT2D eigenvalue weighted by Gasteiger charge is 2.42. The van der Waals surface area contributed by atoms with Crippen LogP contribution in [0.3, 0.4) is 0 Å². The first kappa shape index (κ1) is 19.1. The number of aliphatic carboxylic acids is 1. The van der Waals surface area contributed by atoms with E-state index in [9.17, 15) is 14.7 Å². The summed E-state index contributed by atoms with van der Waals surface area (Å²) < 4.78 is 0. The van der Waals surface area contributed by atoms with Crippen molar-refractivity contribution in [2.45, 2.75) is 37.8 Å². The number of nitrogens with zero attached hydrogens (tertiary/aromatic N) is 1. The molecule has 0 radical (unpaired) electrons. The first-order chi connectivity index (χ1) is 13.1. The lowest BCUT2D eigenvalue weighted by molar-refractivity contribution is -0.150. The van der Waals surface area contributed by atoms with Crippen molar-refractivity contribution >= 4 is 11.9 Å². The number of carboxylic acids is 1. The summed E-state index contributed by atoms with van der Waals surface area (Å²) in [5, 5.41) is 12.6. The van der Waals surface area contributed by atoms with Crippen LogP contribution in [0.15, 0.2) is 60.7 Å². The second-order valence-corrected chi connectivity index (χ2v) is 7.18. The topological polar surface area (TPSA) is 69.6 Å². The summed E-state index contributed by atoms with van der Waals surface area (Å²) in [6.45, 7) is 2.11. The fraction of sp³-hybridized carbons (Fsp3) is 0.364. The molecule has 2 aromatic carbocycles. The number of aryl methyl sites for hydroxylation is 1. The Morgan fingerprint density at radius 3 is 2.04 bits per heavy atom. The van der Waals surface area contributed by atoms with E-state index >= 15 is 0 Å². The minimum Gasteiger partial charge on any atom is -0.480 e. The second kappa shape index (κ2) is 8.82. The zero-order chi connectivity index (χ0) is 19.1. The number of carbonyl (C=O) groups is 2. The molecule has 27 heavy (non-hydrogen) atoms. The first-order valence-electron chi connectivity index (χ1n) is 9.42. The third-order valence-electron chi connectivity index (χ3n) is 5.23. The molecule has 1 aliphatic heterocycles. The molecule has 1 aliphatic rings. The van der Waals surface area contributed by atoms with Gasteiger partial charge in [-0.05, 0) is 30.4 Å². The van der Waals surface area contributed by atoms with Gasteiger partial charge in [0.05, 0.1) is 0 Å². The number of hydrogen-bond acceptors (Lipinski definition) is 3. The molecule has 0 aromatic heterocycles. The summed E-state index contributed by atoms with van der Waals surface area (Å²) in [6, 6.07) is 19.9. The molecule has 1 saturated heterocycles. The third kappa shape index (κ3) is 5.17. The number of amides is 1. The number of piperidine rings is 1. The number of nitrogens with one attached hydrogen (secondary N) is 1. The van der Waals surface area contributed by atoms with Gasteiger partial charge in [-0.3, -0.25) is 9.69 Å². The highest BCUT2D eigenvalue weighted by molar-refractivity contribution is 5.87. The van der Waals surface area contributed by atoms with Gasteiger partial charge in [0.15, 0.2) is 0 Å². The van der Waals surface area contributed by atoms with Crippen LogP contribution in [0.4, 0.5) is 0 Å². The van der Waals surface area contributed by atoms with Gasteiger partial charge in [0.25, 0.3) is 0 Å². The van der Waals surface area contributed by atoms with E-state index in [1.165, 1.54) is 5.56 Å². The van der Waals surface area contributed by atoms with Crippen LogP contribution in [-0.4, -0.2) is 40.5 Å². The monoisotopic (exact) mass is 366 g/mol. The largest absolute Gasteiger partial charge is 0.480 e. The molecule has 2 N–H and O–H groups in total. The number of hydrogen-bond donors (Lipinski definition) is 2. The van der Waals surface area contributed by atoms with Crippen LogP contribution in [0.1, 0.15) is 30.4 Å². The number of rotatable bonds is 7. The molecule has 0 saturated carbocycles. The number of benzene rings is 2. The first-order valence-corrected chi connectivity index (χ1v) is 9.42. The Morgan fingerprint density at radius 2 is 1.48 bits per heavy atom. The van der Waals surface area contributed by atoms with Gasteiger partial charge in [-0.15, -0.1) is 0 Å². The van der Waals surface area contributed by atoms with Crippen molar-refractivity contribution in [3.63, 3.8) is 0 Å². The average Bonchev–Trinajstić information content (AvgIpc) is 2.69. The van der Waals surface area contributed by atoms with Crippen molar-refractivity contribution < 1.29 is 14.7 Å². The lowest BCUT2D eigenvalue weighted by Crippen LogP contribution is -2.60. The Bertz CT molecular complexity index is 754. The Labute approximate surface area is 160 Å². The number of carboxylic acid groups (broad SMARTS) is 1. The standard InChI is InChI=1S/C22H26N2O3/c25-20(12-11-18-7-3-1-4-8-18)23-22(21(26)27)13-15-24(16-14-22)17-19-9-5-2-6-10-19/h1-10H,11-17H2,(H,23,25)(H,26,27). The van der Waals surface area contributed by atoms with Gasteiger partial charge >= 0.3 is 5.97 Å². The van der Waals surface area contributed by atoms with Crippen molar-refractivity contribution in [1.82, 2.24) is 10.2 Å². The summed E-state index contributed by atoms with van der Waals surface area (Å²) in [4.78, 5) is 26.5. The van der Waals surface area contributed by atoms with Gasteiger partial charge in [0.1, 0.15) is 5.54 Å². The van der Waals surface area contributed by atoms with Crippen molar-refractivity contribution in [2.75, 3.05) is 13.1 Å².